The lowest BCUT2D eigenvalue weighted by Gasteiger charge is -1.72. The molecular weight excluding hydrogens is 160 g/mol. The van der Waals surface area contributed by atoms with Crippen molar-refractivity contribution in [2.45, 2.75) is 6.92 Å². The molecule has 0 fully saturated rings. The first kappa shape index (κ1) is 9.46. The van der Waals surface area contributed by atoms with Crippen LogP contribution >= 0.6 is 0 Å². The quantitative estimate of drug-likeness (QED) is 0.356. The Morgan fingerprint density at radius 1 is 0.846 bits per heavy atom. The highest BCUT2D eigenvalue weighted by molar-refractivity contribution is 5.65. The minimum absolute atomic E-state index is 0.0286. The third-order valence-electron chi connectivity index (χ3n) is 1.12. The molecule has 0 radical (unpaired) electrons. The van der Waals surface area contributed by atoms with Gasteiger partial charge in [-0.2, -0.15) is 0 Å². The minimum atomic E-state index is -0.0286. The van der Waals surface area contributed by atoms with Crippen LogP contribution in [0.2, 0.25) is 0 Å². The molecule has 0 aliphatic carbocycles. The molecule has 0 aliphatic rings. The molecule has 0 spiro atoms. The van der Waals surface area contributed by atoms with E-state index in [1.807, 2.05) is 43.4 Å². The van der Waals surface area contributed by atoms with Gasteiger partial charge in [-0.25, -0.2) is 0 Å². The van der Waals surface area contributed by atoms with Crippen LogP contribution < -0.4 is 0 Å². The van der Waals surface area contributed by atoms with Crippen LogP contribution in [-0.4, -0.2) is 6.29 Å². The van der Waals surface area contributed by atoms with Crippen molar-refractivity contribution in [1.29, 1.82) is 0 Å². The monoisotopic (exact) mass is 175 g/mol. The van der Waals surface area contributed by atoms with Gasteiger partial charge in [0.2, 0.25) is 0 Å². The predicted molar refractivity (Wildman–Crippen MR) is 57.4 cm³/mol. The first-order valence-corrected chi connectivity index (χ1v) is 4.06. The topological polar surface area (TPSA) is 17.1 Å². The van der Waals surface area contributed by atoms with E-state index >= 15 is 0 Å². The van der Waals surface area contributed by atoms with E-state index in [4.69, 9.17) is 1.37 Å². The molecule has 13 heavy (non-hydrogen) atoms. The molecule has 0 amide bonds. The summed E-state index contributed by atoms with van der Waals surface area (Å²) in [7, 11) is 0. The summed E-state index contributed by atoms with van der Waals surface area (Å²) in [4.78, 5) is 10.0. The second kappa shape index (κ2) is 10.4. The largest absolute Gasteiger partial charge is 0.299 e. The molecule has 0 rings (SSSR count). The predicted octanol–water partition coefficient (Wildman–Crippen LogP) is 2.99. The van der Waals surface area contributed by atoms with Crippen LogP contribution in [0.25, 0.3) is 0 Å². The van der Waals surface area contributed by atoms with Gasteiger partial charge >= 0.3 is 0 Å². The Morgan fingerprint density at radius 2 is 1.31 bits per heavy atom. The first-order chi connectivity index (χ1) is 6.81. The van der Waals surface area contributed by atoms with Gasteiger partial charge in [0.15, 0.2) is 0 Å². The molecule has 0 aromatic carbocycles. The second-order valence-corrected chi connectivity index (χ2v) is 2.13. The van der Waals surface area contributed by atoms with E-state index in [0.29, 0.717) is 6.29 Å². The fourth-order valence-electron chi connectivity index (χ4n) is 0.582. The van der Waals surface area contributed by atoms with E-state index in [1.54, 1.807) is 12.2 Å². The normalized spacial score (nSPS) is 15.2. The van der Waals surface area contributed by atoms with Crippen LogP contribution in [0.4, 0.5) is 0 Å². The Kier molecular flexibility index (Phi) is 7.54. The minimum Gasteiger partial charge on any atom is -0.299 e. The van der Waals surface area contributed by atoms with Gasteiger partial charge in [-0.15, -0.1) is 0 Å². The average Bonchev–Trinajstić information content (AvgIpc) is 2.21. The number of rotatable bonds is 5. The molecule has 0 bridgehead atoms. The summed E-state index contributed by atoms with van der Waals surface area (Å²) in [5.41, 5.74) is 0. The van der Waals surface area contributed by atoms with E-state index in [2.05, 4.69) is 0 Å². The highest BCUT2D eigenvalue weighted by Gasteiger charge is 1.62. The van der Waals surface area contributed by atoms with E-state index in [-0.39, 0.29) is 6.05 Å². The smallest absolute Gasteiger partial charge is 0.142 e. The number of hydrogen-bond acceptors (Lipinski definition) is 1. The van der Waals surface area contributed by atoms with E-state index in [1.165, 1.54) is 6.08 Å². The molecule has 1 nitrogen and oxygen atoms in total. The number of carbonyl (C=O) groups is 1. The molecule has 0 heterocycles. The van der Waals surface area contributed by atoms with Crippen LogP contribution in [0.5, 0.6) is 0 Å². The highest BCUT2D eigenvalue weighted by atomic mass is 16.1. The van der Waals surface area contributed by atoms with E-state index in [0.717, 1.165) is 0 Å². The Balaban J connectivity index is 3.87. The van der Waals surface area contributed by atoms with Gasteiger partial charge in [0, 0.05) is 0 Å². The Morgan fingerprint density at radius 3 is 1.77 bits per heavy atom. The molecule has 0 N–H and O–H groups in total. The second-order valence-electron chi connectivity index (χ2n) is 2.13. The van der Waals surface area contributed by atoms with Crippen LogP contribution in [-0.2, 0) is 4.79 Å². The van der Waals surface area contributed by atoms with E-state index < -0.39 is 0 Å². The van der Waals surface area contributed by atoms with Crippen molar-refractivity contribution in [1.82, 2.24) is 0 Å². The number of allylic oxidation sites excluding steroid dienone is 10. The average molecular weight is 175 g/mol. The van der Waals surface area contributed by atoms with Crippen LogP contribution in [0.3, 0.4) is 0 Å². The number of aldehydes is 1. The maximum Gasteiger partial charge on any atom is 0.142 e. The molecule has 0 saturated heterocycles. The van der Waals surface area contributed by atoms with Gasteiger partial charge in [-0.1, -0.05) is 54.7 Å². The summed E-state index contributed by atoms with van der Waals surface area (Å²) >= 11 is 0. The molecule has 0 unspecified atom stereocenters. The molecule has 68 valence electrons. The molecule has 0 saturated carbocycles. The van der Waals surface area contributed by atoms with Gasteiger partial charge < -0.3 is 0 Å². The molecule has 0 aromatic rings. The van der Waals surface area contributed by atoms with Gasteiger partial charge in [0.25, 0.3) is 0 Å². The maximum absolute atomic E-state index is 10.0. The highest BCUT2D eigenvalue weighted by Crippen LogP contribution is 1.82. The molecule has 0 aliphatic heterocycles. The van der Waals surface area contributed by atoms with Crippen molar-refractivity contribution < 1.29 is 6.17 Å². The van der Waals surface area contributed by atoms with Crippen LogP contribution in [0.1, 0.15) is 8.29 Å². The molecular formula is C12H14O. The summed E-state index contributed by atoms with van der Waals surface area (Å²) in [5.74, 6) is 0. The van der Waals surface area contributed by atoms with Crippen molar-refractivity contribution in [3.63, 3.8) is 0 Å². The fourth-order valence-corrected chi connectivity index (χ4v) is 0.582. The maximum atomic E-state index is 10.0. The summed E-state index contributed by atoms with van der Waals surface area (Å²) in [6.07, 6.45) is 16.7. The SMILES string of the molecule is [2H]C(C=O)=CC=CC=CC=CC=CC. The van der Waals surface area contributed by atoms with Crippen molar-refractivity contribution in [3.8, 4) is 0 Å². The standard InChI is InChI=1S/C12H14O/c1-2-3-4-5-6-7-8-9-10-11-12-13/h2-12H,1H3/i11D. The van der Waals surface area contributed by atoms with Gasteiger partial charge in [0.05, 0.1) is 1.37 Å². The first-order valence-electron chi connectivity index (χ1n) is 4.56. The summed E-state index contributed by atoms with van der Waals surface area (Å²) in [5, 5.41) is 0. The lowest BCUT2D eigenvalue weighted by Crippen LogP contribution is -1.55. The van der Waals surface area contributed by atoms with Gasteiger partial charge in [0.1, 0.15) is 6.29 Å². The molecule has 1 heteroatoms. The summed E-state index contributed by atoms with van der Waals surface area (Å²) < 4.78 is 6.99. The van der Waals surface area contributed by atoms with Crippen LogP contribution in [0.15, 0.2) is 60.7 Å². The zero-order valence-corrected chi connectivity index (χ0v) is 7.68. The van der Waals surface area contributed by atoms with Crippen molar-refractivity contribution in [3.05, 3.63) is 60.7 Å². The third kappa shape index (κ3) is 10.4. The van der Waals surface area contributed by atoms with Crippen molar-refractivity contribution >= 4 is 6.29 Å². The summed E-state index contributed by atoms with van der Waals surface area (Å²) in [6, 6.07) is -0.0286. The van der Waals surface area contributed by atoms with Gasteiger partial charge in [-0.05, 0) is 13.0 Å². The Labute approximate surface area is 80.9 Å². The molecule has 0 atom stereocenters. The number of carbonyl (C=O) groups excluding carboxylic acids is 1. The zero-order valence-electron chi connectivity index (χ0n) is 8.68. The Hall–Kier alpha value is -1.63. The van der Waals surface area contributed by atoms with Crippen molar-refractivity contribution in [2.75, 3.05) is 0 Å². The Bertz CT molecular complexity index is 293. The lowest BCUT2D eigenvalue weighted by atomic mass is 10.4. The van der Waals surface area contributed by atoms with Gasteiger partial charge in [-0.3, -0.25) is 4.79 Å². The molecule has 0 aromatic heterocycles. The zero-order chi connectivity index (χ0) is 10.6. The fraction of sp³-hybridized carbons (Fsp3) is 0.0833. The summed E-state index contributed by atoms with van der Waals surface area (Å²) in [6.45, 7) is 1.95. The lowest BCUT2D eigenvalue weighted by molar-refractivity contribution is -0.104. The van der Waals surface area contributed by atoms with Crippen LogP contribution in [0, 0.1) is 0 Å². The van der Waals surface area contributed by atoms with E-state index in [9.17, 15) is 4.79 Å². The number of hydrogen-bond donors (Lipinski definition) is 0. The third-order valence-corrected chi connectivity index (χ3v) is 1.12. The van der Waals surface area contributed by atoms with Crippen molar-refractivity contribution in [2.24, 2.45) is 0 Å².